The lowest BCUT2D eigenvalue weighted by Crippen LogP contribution is -2.32. The number of para-hydroxylation sites is 1. The number of rotatable bonds is 8. The predicted molar refractivity (Wildman–Crippen MR) is 126 cm³/mol. The van der Waals surface area contributed by atoms with Gasteiger partial charge in [0.05, 0.1) is 18.6 Å². The van der Waals surface area contributed by atoms with Crippen LogP contribution in [0.1, 0.15) is 36.5 Å². The maximum Gasteiger partial charge on any atom is 0.338 e. The van der Waals surface area contributed by atoms with E-state index in [1.54, 1.807) is 24.3 Å². The van der Waals surface area contributed by atoms with E-state index in [0.717, 1.165) is 18.5 Å². The average Bonchev–Trinajstić information content (AvgIpc) is 3.13. The Morgan fingerprint density at radius 3 is 2.48 bits per heavy atom. The molecule has 0 saturated carbocycles. The molecule has 2 aromatic rings. The number of benzene rings is 2. The summed E-state index contributed by atoms with van der Waals surface area (Å²) >= 11 is 0. The van der Waals surface area contributed by atoms with Crippen LogP contribution in [0.2, 0.25) is 0 Å². The summed E-state index contributed by atoms with van der Waals surface area (Å²) in [6.45, 7) is 2.39. The number of nitrogens with zero attached hydrogens (tertiary/aromatic N) is 2. The third-order valence-electron chi connectivity index (χ3n) is 4.60. The Hall–Kier alpha value is -4.21. The van der Waals surface area contributed by atoms with E-state index in [9.17, 15) is 14.4 Å². The van der Waals surface area contributed by atoms with Gasteiger partial charge in [0.2, 0.25) is 17.8 Å². The van der Waals surface area contributed by atoms with E-state index < -0.39 is 23.8 Å². The lowest BCUT2D eigenvalue weighted by atomic mass is 10.2. The van der Waals surface area contributed by atoms with Gasteiger partial charge in [-0.05, 0) is 42.8 Å². The van der Waals surface area contributed by atoms with Crippen molar-refractivity contribution in [1.29, 1.82) is 0 Å². The Bertz CT molecular complexity index is 1050. The Morgan fingerprint density at radius 2 is 1.79 bits per heavy atom. The van der Waals surface area contributed by atoms with Crippen LogP contribution < -0.4 is 21.7 Å². The first-order chi connectivity index (χ1) is 15.9. The highest BCUT2D eigenvalue weighted by atomic mass is 16.5. The molecule has 10 heteroatoms. The zero-order valence-electron chi connectivity index (χ0n) is 18.2. The number of carbonyl (C=O) groups is 3. The first kappa shape index (κ1) is 23.5. The molecule has 10 nitrogen and oxygen atoms in total. The molecule has 0 spiro atoms. The molecule has 1 atom stereocenters. The second-order valence-corrected chi connectivity index (χ2v) is 7.26. The quantitative estimate of drug-likeness (QED) is 0.210. The number of esters is 1. The van der Waals surface area contributed by atoms with E-state index in [2.05, 4.69) is 25.9 Å². The molecular weight excluding hydrogens is 424 g/mol. The molecule has 0 aromatic heterocycles. The second kappa shape index (κ2) is 11.4. The number of nitrogens with one attached hydrogen (secondary N) is 3. The van der Waals surface area contributed by atoms with Gasteiger partial charge < -0.3 is 21.1 Å². The largest absolute Gasteiger partial charge is 0.462 e. The number of hydrogen-bond donors (Lipinski definition) is 4. The molecule has 0 saturated heterocycles. The van der Waals surface area contributed by atoms with Crippen LogP contribution >= 0.6 is 0 Å². The van der Waals surface area contributed by atoms with Crippen LogP contribution in [-0.4, -0.2) is 42.4 Å². The molecule has 0 bridgehead atoms. The van der Waals surface area contributed by atoms with Gasteiger partial charge in [0, 0.05) is 11.4 Å². The highest BCUT2D eigenvalue weighted by molar-refractivity contribution is 6.11. The molecule has 0 aliphatic carbocycles. The molecule has 0 fully saturated rings. The number of guanidine groups is 2. The molecule has 1 aliphatic heterocycles. The minimum absolute atomic E-state index is 0.0321. The maximum atomic E-state index is 12.4. The lowest BCUT2D eigenvalue weighted by molar-refractivity contribution is -0.123. The highest BCUT2D eigenvalue weighted by Gasteiger charge is 2.28. The zero-order chi connectivity index (χ0) is 23.6. The predicted octanol–water partition coefficient (Wildman–Crippen LogP) is 2.25. The smallest absolute Gasteiger partial charge is 0.338 e. The minimum atomic E-state index is -0.916. The monoisotopic (exact) mass is 450 g/mol. The summed E-state index contributed by atoms with van der Waals surface area (Å²) < 4.78 is 5.15. The van der Waals surface area contributed by atoms with Gasteiger partial charge in [0.25, 0.3) is 5.91 Å². The van der Waals surface area contributed by atoms with E-state index in [4.69, 9.17) is 10.5 Å². The van der Waals surface area contributed by atoms with E-state index in [-0.39, 0.29) is 18.3 Å². The molecule has 1 heterocycles. The fourth-order valence-electron chi connectivity index (χ4n) is 2.91. The summed E-state index contributed by atoms with van der Waals surface area (Å²) in [6.07, 6.45) is 1.57. The second-order valence-electron chi connectivity index (χ2n) is 7.26. The Kier molecular flexibility index (Phi) is 8.12. The molecule has 2 amide bonds. The number of nitrogens with two attached hydrogens (primary N) is 1. The van der Waals surface area contributed by atoms with Crippen LogP contribution in [-0.2, 0) is 14.3 Å². The number of unbranched alkanes of at least 4 members (excludes halogenated alkanes) is 1. The Balaban J connectivity index is 1.52. The van der Waals surface area contributed by atoms with Crippen molar-refractivity contribution in [2.24, 2.45) is 15.7 Å². The number of ether oxygens (including phenoxy) is 1. The topological polar surface area (TPSA) is 147 Å². The van der Waals surface area contributed by atoms with E-state index in [1.165, 1.54) is 0 Å². The normalized spacial score (nSPS) is 15.4. The van der Waals surface area contributed by atoms with Gasteiger partial charge in [-0.1, -0.05) is 31.5 Å². The van der Waals surface area contributed by atoms with Crippen molar-refractivity contribution < 1.29 is 19.1 Å². The van der Waals surface area contributed by atoms with Gasteiger partial charge in [0.15, 0.2) is 0 Å². The summed E-state index contributed by atoms with van der Waals surface area (Å²) in [5, 5.41) is 8.07. The Morgan fingerprint density at radius 1 is 1.09 bits per heavy atom. The molecule has 33 heavy (non-hydrogen) atoms. The number of aliphatic imine (C=N–C) groups is 2. The van der Waals surface area contributed by atoms with Gasteiger partial charge in [-0.15, -0.1) is 0 Å². The summed E-state index contributed by atoms with van der Waals surface area (Å²) in [4.78, 5) is 44.6. The molecule has 1 aliphatic rings. The maximum absolute atomic E-state index is 12.4. The SMILES string of the molecule is CCCCOC(=O)c1ccc(NC(=O)CC2N=C(/N=C(\N)Nc3ccccc3)NC2=O)cc1. The fourth-order valence-corrected chi connectivity index (χ4v) is 2.91. The lowest BCUT2D eigenvalue weighted by Gasteiger charge is -2.08. The first-order valence-electron chi connectivity index (χ1n) is 10.6. The van der Waals surface area contributed by atoms with Crippen LogP contribution in [0.25, 0.3) is 0 Å². The van der Waals surface area contributed by atoms with Crippen molar-refractivity contribution >= 4 is 41.1 Å². The van der Waals surface area contributed by atoms with Crippen LogP contribution in [0.3, 0.4) is 0 Å². The number of anilines is 2. The van der Waals surface area contributed by atoms with Gasteiger partial charge in [-0.3, -0.25) is 14.9 Å². The Labute approximate surface area is 191 Å². The van der Waals surface area contributed by atoms with Crippen LogP contribution in [0.5, 0.6) is 0 Å². The van der Waals surface area contributed by atoms with Gasteiger partial charge in [0.1, 0.15) is 6.04 Å². The molecule has 2 aromatic carbocycles. The van der Waals surface area contributed by atoms with Crippen molar-refractivity contribution in [3.63, 3.8) is 0 Å². The average molecular weight is 450 g/mol. The molecule has 5 N–H and O–H groups in total. The molecule has 0 radical (unpaired) electrons. The van der Waals surface area contributed by atoms with Crippen LogP contribution in [0, 0.1) is 0 Å². The van der Waals surface area contributed by atoms with Crippen LogP contribution in [0.4, 0.5) is 11.4 Å². The minimum Gasteiger partial charge on any atom is -0.462 e. The van der Waals surface area contributed by atoms with E-state index in [0.29, 0.717) is 17.9 Å². The molecular formula is C23H26N6O4. The summed E-state index contributed by atoms with van der Waals surface area (Å²) in [5.74, 6) is -1.17. The zero-order valence-corrected chi connectivity index (χ0v) is 18.2. The van der Waals surface area contributed by atoms with Crippen LogP contribution in [0.15, 0.2) is 64.6 Å². The van der Waals surface area contributed by atoms with Gasteiger partial charge >= 0.3 is 5.97 Å². The third-order valence-corrected chi connectivity index (χ3v) is 4.60. The molecule has 3 rings (SSSR count). The van der Waals surface area contributed by atoms with E-state index >= 15 is 0 Å². The van der Waals surface area contributed by atoms with Crippen molar-refractivity contribution in [3.8, 4) is 0 Å². The van der Waals surface area contributed by atoms with Gasteiger partial charge in [-0.25, -0.2) is 9.79 Å². The number of hydrogen-bond acceptors (Lipinski definition) is 6. The standard InChI is InChI=1S/C23H26N6O4/c1-2-3-13-33-21(32)15-9-11-17(12-10-15)25-19(30)14-18-20(31)28-23(27-18)29-22(24)26-16-7-5-4-6-8-16/h4-12,18H,2-3,13-14H2,1H3,(H,25,30)(H4,24,26,27,28,29,31). The van der Waals surface area contributed by atoms with Gasteiger partial charge in [-0.2, -0.15) is 4.99 Å². The van der Waals surface area contributed by atoms with Crippen molar-refractivity contribution in [1.82, 2.24) is 5.32 Å². The molecule has 172 valence electrons. The summed E-state index contributed by atoms with van der Waals surface area (Å²) in [7, 11) is 0. The van der Waals surface area contributed by atoms with E-state index in [1.807, 2.05) is 37.3 Å². The highest BCUT2D eigenvalue weighted by Crippen LogP contribution is 2.13. The summed E-state index contributed by atoms with van der Waals surface area (Å²) in [5.41, 5.74) is 7.46. The van der Waals surface area contributed by atoms with Crippen molar-refractivity contribution in [2.75, 3.05) is 17.2 Å². The number of amides is 2. The summed E-state index contributed by atoms with van der Waals surface area (Å²) in [6, 6.07) is 14.6. The van der Waals surface area contributed by atoms with Crippen molar-refractivity contribution in [2.45, 2.75) is 32.2 Å². The third kappa shape index (κ3) is 7.17. The first-order valence-corrected chi connectivity index (χ1v) is 10.6. The molecule has 1 unspecified atom stereocenters. The fraction of sp³-hybridized carbons (Fsp3) is 0.261. The van der Waals surface area contributed by atoms with Crippen molar-refractivity contribution in [3.05, 3.63) is 60.2 Å². The number of carbonyl (C=O) groups excluding carboxylic acids is 3.